The van der Waals surface area contributed by atoms with E-state index in [4.69, 9.17) is 9.47 Å². The Hall–Kier alpha value is -0.570. The van der Waals surface area contributed by atoms with Crippen molar-refractivity contribution in [3.05, 3.63) is 0 Å². The predicted molar refractivity (Wildman–Crippen MR) is 35.4 cm³/mol. The molecule has 1 atom stereocenters. The molecule has 0 spiro atoms. The molecule has 10 heavy (non-hydrogen) atoms. The molecule has 0 aromatic rings. The van der Waals surface area contributed by atoms with Crippen LogP contribution >= 0.6 is 0 Å². The normalized spacial score (nSPS) is 32.4. The van der Waals surface area contributed by atoms with Crippen molar-refractivity contribution < 1.29 is 14.3 Å². The van der Waals surface area contributed by atoms with E-state index in [2.05, 4.69) is 0 Å². The van der Waals surface area contributed by atoms with E-state index >= 15 is 0 Å². The van der Waals surface area contributed by atoms with Crippen LogP contribution in [-0.4, -0.2) is 18.4 Å². The number of carbonyl (C=O) groups excluding carboxylic acids is 1. The minimum atomic E-state index is -0.633. The highest BCUT2D eigenvalue weighted by atomic mass is 16.7. The number of esters is 1. The van der Waals surface area contributed by atoms with Crippen LogP contribution in [0.3, 0.4) is 0 Å². The van der Waals surface area contributed by atoms with Gasteiger partial charge in [0.2, 0.25) is 5.79 Å². The van der Waals surface area contributed by atoms with E-state index in [-0.39, 0.29) is 5.97 Å². The van der Waals surface area contributed by atoms with Crippen molar-refractivity contribution in [3.63, 3.8) is 0 Å². The fourth-order valence-corrected chi connectivity index (χ4v) is 1.08. The zero-order valence-electron chi connectivity index (χ0n) is 6.35. The monoisotopic (exact) mass is 144 g/mol. The van der Waals surface area contributed by atoms with Crippen molar-refractivity contribution in [1.82, 2.24) is 0 Å². The van der Waals surface area contributed by atoms with Crippen LogP contribution in [0.2, 0.25) is 0 Å². The van der Waals surface area contributed by atoms with Gasteiger partial charge >= 0.3 is 5.97 Å². The summed E-state index contributed by atoms with van der Waals surface area (Å²) in [6, 6.07) is 0. The molecule has 0 radical (unpaired) electrons. The van der Waals surface area contributed by atoms with Gasteiger partial charge in [-0.25, -0.2) is 0 Å². The van der Waals surface area contributed by atoms with E-state index in [9.17, 15) is 4.79 Å². The minimum absolute atomic E-state index is 0.157. The maximum Gasteiger partial charge on any atom is 0.308 e. The summed E-state index contributed by atoms with van der Waals surface area (Å²) in [5, 5.41) is 0. The molecule has 0 amide bonds. The Bertz CT molecular complexity index is 144. The first kappa shape index (κ1) is 7.54. The zero-order chi connectivity index (χ0) is 7.61. The van der Waals surface area contributed by atoms with Crippen molar-refractivity contribution >= 4 is 5.97 Å². The smallest absolute Gasteiger partial charge is 0.308 e. The molecule has 1 aliphatic rings. The predicted octanol–water partition coefficient (Wildman–Crippen LogP) is 1.08. The standard InChI is InChI=1S/C7H12O3/c1-3-9-7(2)5-4-6(8)10-7/h3-5H2,1-2H3/t7-/m0/s1. The number of carbonyl (C=O) groups is 1. The van der Waals surface area contributed by atoms with Gasteiger partial charge < -0.3 is 9.47 Å². The van der Waals surface area contributed by atoms with Gasteiger partial charge in [-0.05, 0) is 6.92 Å². The third kappa shape index (κ3) is 1.48. The Morgan fingerprint density at radius 1 is 1.80 bits per heavy atom. The summed E-state index contributed by atoms with van der Waals surface area (Å²) in [4.78, 5) is 10.6. The second-order valence-corrected chi connectivity index (χ2v) is 2.54. The molecule has 3 nitrogen and oxygen atoms in total. The quantitative estimate of drug-likeness (QED) is 0.544. The highest BCUT2D eigenvalue weighted by molar-refractivity contribution is 5.71. The Balaban J connectivity index is 2.46. The summed E-state index contributed by atoms with van der Waals surface area (Å²) >= 11 is 0. The van der Waals surface area contributed by atoms with E-state index in [0.29, 0.717) is 19.4 Å². The molecule has 0 aliphatic carbocycles. The second-order valence-electron chi connectivity index (χ2n) is 2.54. The zero-order valence-corrected chi connectivity index (χ0v) is 6.35. The number of rotatable bonds is 2. The first-order chi connectivity index (χ1) is 4.66. The van der Waals surface area contributed by atoms with Crippen LogP contribution in [0.15, 0.2) is 0 Å². The third-order valence-electron chi connectivity index (χ3n) is 1.56. The summed E-state index contributed by atoms with van der Waals surface area (Å²) in [5.41, 5.74) is 0. The lowest BCUT2D eigenvalue weighted by Gasteiger charge is -2.21. The Kier molecular flexibility index (Phi) is 1.94. The summed E-state index contributed by atoms with van der Waals surface area (Å²) in [6.07, 6.45) is 1.16. The summed E-state index contributed by atoms with van der Waals surface area (Å²) in [6.45, 7) is 4.27. The molecule has 0 unspecified atom stereocenters. The number of hydrogen-bond acceptors (Lipinski definition) is 3. The average molecular weight is 144 g/mol. The van der Waals surface area contributed by atoms with Crippen LogP contribution < -0.4 is 0 Å². The van der Waals surface area contributed by atoms with Gasteiger partial charge in [-0.15, -0.1) is 0 Å². The van der Waals surface area contributed by atoms with Gasteiger partial charge in [-0.1, -0.05) is 0 Å². The van der Waals surface area contributed by atoms with Crippen LogP contribution in [-0.2, 0) is 14.3 Å². The van der Waals surface area contributed by atoms with E-state index in [1.54, 1.807) is 6.92 Å². The number of hydrogen-bond donors (Lipinski definition) is 0. The van der Waals surface area contributed by atoms with Gasteiger partial charge in [0.1, 0.15) is 0 Å². The van der Waals surface area contributed by atoms with Gasteiger partial charge in [0.25, 0.3) is 0 Å². The Labute approximate surface area is 60.3 Å². The molecular formula is C7H12O3. The largest absolute Gasteiger partial charge is 0.433 e. The third-order valence-corrected chi connectivity index (χ3v) is 1.56. The van der Waals surface area contributed by atoms with Crippen LogP contribution in [0.5, 0.6) is 0 Å². The van der Waals surface area contributed by atoms with Crippen molar-refractivity contribution in [3.8, 4) is 0 Å². The first-order valence-corrected chi connectivity index (χ1v) is 3.52. The van der Waals surface area contributed by atoms with Crippen LogP contribution in [0.4, 0.5) is 0 Å². The molecule has 1 rings (SSSR count). The summed E-state index contributed by atoms with van der Waals surface area (Å²) < 4.78 is 10.1. The fourth-order valence-electron chi connectivity index (χ4n) is 1.08. The van der Waals surface area contributed by atoms with Gasteiger partial charge in [0, 0.05) is 20.0 Å². The summed E-state index contributed by atoms with van der Waals surface area (Å²) in [5.74, 6) is -0.790. The molecule has 0 bridgehead atoms. The minimum Gasteiger partial charge on any atom is -0.433 e. The van der Waals surface area contributed by atoms with Crippen molar-refractivity contribution in [1.29, 1.82) is 0 Å². The molecule has 58 valence electrons. The first-order valence-electron chi connectivity index (χ1n) is 3.52. The maximum atomic E-state index is 10.6. The SMILES string of the molecule is CCO[C@]1(C)CCC(=O)O1. The number of ether oxygens (including phenoxy) is 2. The summed E-state index contributed by atoms with van der Waals surface area (Å²) in [7, 11) is 0. The number of cyclic esters (lactones) is 1. The highest BCUT2D eigenvalue weighted by Gasteiger charge is 2.35. The average Bonchev–Trinajstić information content (AvgIpc) is 2.12. The van der Waals surface area contributed by atoms with Gasteiger partial charge in [-0.3, -0.25) is 4.79 Å². The second kappa shape index (κ2) is 2.58. The molecule has 0 aromatic heterocycles. The van der Waals surface area contributed by atoms with Crippen LogP contribution in [0, 0.1) is 0 Å². The molecule has 0 aromatic carbocycles. The molecule has 0 saturated carbocycles. The molecule has 0 N–H and O–H groups in total. The Morgan fingerprint density at radius 2 is 2.50 bits per heavy atom. The maximum absolute atomic E-state index is 10.6. The van der Waals surface area contributed by atoms with E-state index in [0.717, 1.165) is 0 Å². The van der Waals surface area contributed by atoms with E-state index in [1.807, 2.05) is 6.92 Å². The van der Waals surface area contributed by atoms with Crippen LogP contribution in [0.1, 0.15) is 26.7 Å². The van der Waals surface area contributed by atoms with E-state index < -0.39 is 5.79 Å². The van der Waals surface area contributed by atoms with Crippen molar-refractivity contribution in [2.24, 2.45) is 0 Å². The Morgan fingerprint density at radius 3 is 2.90 bits per heavy atom. The van der Waals surface area contributed by atoms with Crippen LogP contribution in [0.25, 0.3) is 0 Å². The van der Waals surface area contributed by atoms with Crippen molar-refractivity contribution in [2.45, 2.75) is 32.5 Å². The molecule has 1 fully saturated rings. The fraction of sp³-hybridized carbons (Fsp3) is 0.857. The highest BCUT2D eigenvalue weighted by Crippen LogP contribution is 2.26. The lowest BCUT2D eigenvalue weighted by molar-refractivity contribution is -0.201. The molecule has 1 saturated heterocycles. The molecule has 1 heterocycles. The molecular weight excluding hydrogens is 132 g/mol. The van der Waals surface area contributed by atoms with Gasteiger partial charge in [0.05, 0.1) is 6.42 Å². The lowest BCUT2D eigenvalue weighted by atomic mass is 10.2. The van der Waals surface area contributed by atoms with Gasteiger partial charge in [0.15, 0.2) is 0 Å². The van der Waals surface area contributed by atoms with Crippen molar-refractivity contribution in [2.75, 3.05) is 6.61 Å². The van der Waals surface area contributed by atoms with E-state index in [1.165, 1.54) is 0 Å². The molecule has 1 aliphatic heterocycles. The van der Waals surface area contributed by atoms with Gasteiger partial charge in [-0.2, -0.15) is 0 Å². The molecule has 3 heteroatoms. The lowest BCUT2D eigenvalue weighted by Crippen LogP contribution is -2.27. The topological polar surface area (TPSA) is 35.5 Å².